The van der Waals surface area contributed by atoms with Crippen LogP contribution in [0.15, 0.2) is 51.4 Å². The number of nitrogens with one attached hydrogen (secondary N) is 3. The van der Waals surface area contributed by atoms with Crippen molar-refractivity contribution >= 4 is 95.6 Å². The molecule has 3 N–H and O–H groups in total. The van der Waals surface area contributed by atoms with E-state index in [4.69, 9.17) is 47.0 Å². The van der Waals surface area contributed by atoms with Crippen LogP contribution in [0, 0.1) is 6.92 Å². The lowest BCUT2D eigenvalue weighted by atomic mass is 10.1. The SMILES string of the molecule is Cc1cc(Br)cc(Br)c1NC(=S)NC(NC(=O)Cc1ccccc1)C(Cl)(Cl)Cl. The van der Waals surface area contributed by atoms with E-state index < -0.39 is 9.96 Å². The van der Waals surface area contributed by atoms with Crippen molar-refractivity contribution in [1.29, 1.82) is 0 Å². The molecule has 0 spiro atoms. The summed E-state index contributed by atoms with van der Waals surface area (Å²) < 4.78 is -0.0833. The van der Waals surface area contributed by atoms with E-state index in [2.05, 4.69) is 47.8 Å². The molecular formula is C18H16Br2Cl3N3OS. The number of aryl methyl sites for hydroxylation is 1. The van der Waals surface area contributed by atoms with Crippen molar-refractivity contribution in [3.05, 3.63) is 62.5 Å². The molecule has 150 valence electrons. The molecule has 0 bridgehead atoms. The third-order valence-electron chi connectivity index (χ3n) is 3.61. The lowest BCUT2D eigenvalue weighted by Crippen LogP contribution is -2.56. The van der Waals surface area contributed by atoms with Gasteiger partial charge in [0.1, 0.15) is 6.17 Å². The van der Waals surface area contributed by atoms with Crippen molar-refractivity contribution in [3.63, 3.8) is 0 Å². The van der Waals surface area contributed by atoms with Gasteiger partial charge in [-0.3, -0.25) is 4.79 Å². The summed E-state index contributed by atoms with van der Waals surface area (Å²) in [7, 11) is 0. The Morgan fingerprint density at radius 2 is 1.79 bits per heavy atom. The van der Waals surface area contributed by atoms with Gasteiger partial charge in [0.05, 0.1) is 12.1 Å². The molecule has 0 aliphatic rings. The van der Waals surface area contributed by atoms with Gasteiger partial charge in [-0.15, -0.1) is 0 Å². The van der Waals surface area contributed by atoms with Gasteiger partial charge in [0.25, 0.3) is 0 Å². The number of rotatable bonds is 5. The Hall–Kier alpha value is -0.570. The second kappa shape index (κ2) is 10.5. The highest BCUT2D eigenvalue weighted by atomic mass is 79.9. The zero-order valence-corrected chi connectivity index (χ0v) is 20.8. The van der Waals surface area contributed by atoms with Crippen molar-refractivity contribution < 1.29 is 4.79 Å². The molecule has 10 heteroatoms. The van der Waals surface area contributed by atoms with E-state index in [9.17, 15) is 4.79 Å². The fourth-order valence-corrected chi connectivity index (χ4v) is 4.42. The molecule has 0 saturated heterocycles. The Bertz CT molecular complexity index is 840. The Kier molecular flexibility index (Phi) is 8.85. The smallest absolute Gasteiger partial charge is 0.228 e. The third kappa shape index (κ3) is 7.35. The highest BCUT2D eigenvalue weighted by Crippen LogP contribution is 2.31. The summed E-state index contributed by atoms with van der Waals surface area (Å²) in [6, 6.07) is 13.1. The average molecular weight is 589 g/mol. The first kappa shape index (κ1) is 23.7. The zero-order valence-electron chi connectivity index (χ0n) is 14.5. The van der Waals surface area contributed by atoms with E-state index in [1.807, 2.05) is 49.4 Å². The van der Waals surface area contributed by atoms with Gasteiger partial charge >= 0.3 is 0 Å². The molecule has 0 aliphatic heterocycles. The van der Waals surface area contributed by atoms with Crippen LogP contribution in [-0.4, -0.2) is 21.0 Å². The normalized spacial score (nSPS) is 12.2. The van der Waals surface area contributed by atoms with Crippen LogP contribution >= 0.6 is 78.9 Å². The van der Waals surface area contributed by atoms with Crippen molar-refractivity contribution in [1.82, 2.24) is 10.6 Å². The van der Waals surface area contributed by atoms with Crippen LogP contribution in [-0.2, 0) is 11.2 Å². The Morgan fingerprint density at radius 3 is 2.36 bits per heavy atom. The van der Waals surface area contributed by atoms with Crippen LogP contribution in [0.4, 0.5) is 5.69 Å². The van der Waals surface area contributed by atoms with Crippen LogP contribution in [0.5, 0.6) is 0 Å². The first-order valence-corrected chi connectivity index (χ1v) is 11.1. The van der Waals surface area contributed by atoms with Gasteiger partial charge < -0.3 is 16.0 Å². The van der Waals surface area contributed by atoms with Gasteiger partial charge in [-0.05, 0) is 58.3 Å². The van der Waals surface area contributed by atoms with Gasteiger partial charge in [0, 0.05) is 8.95 Å². The van der Waals surface area contributed by atoms with Gasteiger partial charge in [0.15, 0.2) is 5.11 Å². The predicted molar refractivity (Wildman–Crippen MR) is 128 cm³/mol. The van der Waals surface area contributed by atoms with Gasteiger partial charge in [0.2, 0.25) is 9.70 Å². The molecule has 2 rings (SSSR count). The molecule has 2 aromatic carbocycles. The molecule has 0 heterocycles. The van der Waals surface area contributed by atoms with Crippen molar-refractivity contribution in [2.24, 2.45) is 0 Å². The van der Waals surface area contributed by atoms with E-state index in [1.165, 1.54) is 0 Å². The minimum absolute atomic E-state index is 0.150. The fourth-order valence-electron chi connectivity index (χ4n) is 2.33. The molecule has 4 nitrogen and oxygen atoms in total. The van der Waals surface area contributed by atoms with Crippen molar-refractivity contribution in [2.45, 2.75) is 23.3 Å². The maximum absolute atomic E-state index is 12.4. The lowest BCUT2D eigenvalue weighted by molar-refractivity contribution is -0.121. The summed E-state index contributed by atoms with van der Waals surface area (Å²) in [6.07, 6.45) is -0.875. The fraction of sp³-hybridized carbons (Fsp3) is 0.222. The number of benzene rings is 2. The molecule has 0 aliphatic carbocycles. The highest BCUT2D eigenvalue weighted by Gasteiger charge is 2.34. The summed E-state index contributed by atoms with van der Waals surface area (Å²) >= 11 is 30.3. The minimum Gasteiger partial charge on any atom is -0.339 e. The van der Waals surface area contributed by atoms with Gasteiger partial charge in [-0.25, -0.2) is 0 Å². The third-order valence-corrected chi connectivity index (χ3v) is 5.56. The van der Waals surface area contributed by atoms with Crippen LogP contribution in [0.25, 0.3) is 0 Å². The molecule has 0 aromatic heterocycles. The second-order valence-corrected chi connectivity index (χ2v) is 10.4. The second-order valence-electron chi connectivity index (χ2n) is 5.88. The van der Waals surface area contributed by atoms with Crippen LogP contribution in [0.1, 0.15) is 11.1 Å². The molecule has 28 heavy (non-hydrogen) atoms. The number of carbonyl (C=O) groups excluding carboxylic acids is 1. The summed E-state index contributed by atoms with van der Waals surface area (Å²) in [5.74, 6) is -0.307. The van der Waals surface area contributed by atoms with Crippen LogP contribution in [0.2, 0.25) is 0 Å². The molecule has 1 amide bonds. The first-order valence-electron chi connectivity index (χ1n) is 7.99. The first-order chi connectivity index (χ1) is 13.1. The number of hydrogen-bond acceptors (Lipinski definition) is 2. The monoisotopic (exact) mass is 585 g/mol. The van der Waals surface area contributed by atoms with Gasteiger partial charge in [-0.1, -0.05) is 81.1 Å². The molecule has 1 unspecified atom stereocenters. The average Bonchev–Trinajstić information content (AvgIpc) is 2.57. The number of halogens is 5. The topological polar surface area (TPSA) is 53.2 Å². The number of alkyl halides is 3. The van der Waals surface area contributed by atoms with E-state index in [0.29, 0.717) is 0 Å². The molecular weight excluding hydrogens is 572 g/mol. The molecule has 0 radical (unpaired) electrons. The Labute approximate surface area is 200 Å². The van der Waals surface area contributed by atoms with Gasteiger partial charge in [-0.2, -0.15) is 0 Å². The number of amides is 1. The molecule has 1 atom stereocenters. The summed E-state index contributed by atoms with van der Waals surface area (Å²) in [5.41, 5.74) is 2.56. The van der Waals surface area contributed by atoms with Crippen LogP contribution < -0.4 is 16.0 Å². The maximum Gasteiger partial charge on any atom is 0.228 e. The Balaban J connectivity index is 2.06. The van der Waals surface area contributed by atoms with Crippen LogP contribution in [0.3, 0.4) is 0 Å². The lowest BCUT2D eigenvalue weighted by Gasteiger charge is -2.28. The van der Waals surface area contributed by atoms with E-state index in [-0.39, 0.29) is 17.4 Å². The standard InChI is InChI=1S/C18H16Br2Cl3N3OS/c1-10-7-12(19)9-13(20)15(10)25-17(28)26-16(18(21,22)23)24-14(27)8-11-5-3-2-4-6-11/h2-7,9,16H,8H2,1H3,(H,24,27)(H2,25,26,28). The molecule has 0 fully saturated rings. The number of hydrogen-bond donors (Lipinski definition) is 3. The van der Waals surface area contributed by atoms with Crippen molar-refractivity contribution in [2.75, 3.05) is 5.32 Å². The van der Waals surface area contributed by atoms with E-state index in [0.717, 1.165) is 25.8 Å². The highest BCUT2D eigenvalue weighted by molar-refractivity contribution is 9.11. The summed E-state index contributed by atoms with van der Waals surface area (Å²) in [5, 5.41) is 8.77. The molecule has 2 aromatic rings. The summed E-state index contributed by atoms with van der Waals surface area (Å²) in [6.45, 7) is 1.93. The number of carbonyl (C=O) groups is 1. The number of anilines is 1. The minimum atomic E-state index is -1.82. The van der Waals surface area contributed by atoms with Crippen molar-refractivity contribution in [3.8, 4) is 0 Å². The quantitative estimate of drug-likeness (QED) is 0.233. The Morgan fingerprint density at radius 1 is 1.14 bits per heavy atom. The molecule has 0 saturated carbocycles. The largest absolute Gasteiger partial charge is 0.339 e. The zero-order chi connectivity index (χ0) is 20.9. The van der Waals surface area contributed by atoms with E-state index in [1.54, 1.807) is 0 Å². The maximum atomic E-state index is 12.4. The van der Waals surface area contributed by atoms with E-state index >= 15 is 0 Å². The summed E-state index contributed by atoms with van der Waals surface area (Å²) in [4.78, 5) is 12.4. The predicted octanol–water partition coefficient (Wildman–Crippen LogP) is 5.86. The number of thiocarbonyl (C=S) groups is 1.